The van der Waals surface area contributed by atoms with Crippen LogP contribution in [0.1, 0.15) is 27.4 Å². The van der Waals surface area contributed by atoms with Crippen molar-refractivity contribution in [2.45, 2.75) is 12.5 Å². The van der Waals surface area contributed by atoms with E-state index < -0.39 is 17.8 Å². The number of benzene rings is 2. The third-order valence-corrected chi connectivity index (χ3v) is 4.56. The lowest BCUT2D eigenvalue weighted by Gasteiger charge is -2.33. The van der Waals surface area contributed by atoms with Crippen LogP contribution in [-0.2, 0) is 16.1 Å². The van der Waals surface area contributed by atoms with Crippen molar-refractivity contribution in [1.29, 1.82) is 0 Å². The fraction of sp³-hybridized carbons (Fsp3) is 0.250. The molecular formula is C20H20N2O6. The Morgan fingerprint density at radius 2 is 1.93 bits per heavy atom. The Morgan fingerprint density at radius 3 is 2.61 bits per heavy atom. The van der Waals surface area contributed by atoms with Crippen molar-refractivity contribution >= 4 is 17.8 Å². The predicted octanol–water partition coefficient (Wildman–Crippen LogP) is 1.38. The molecule has 0 fully saturated rings. The topological polar surface area (TPSA) is 119 Å². The van der Waals surface area contributed by atoms with Gasteiger partial charge in [0.2, 0.25) is 0 Å². The second kappa shape index (κ2) is 7.99. The van der Waals surface area contributed by atoms with Crippen LogP contribution >= 0.6 is 0 Å². The molecular weight excluding hydrogens is 364 g/mol. The highest BCUT2D eigenvalue weighted by Crippen LogP contribution is 2.32. The normalized spacial score (nSPS) is 15.5. The third kappa shape index (κ3) is 3.90. The van der Waals surface area contributed by atoms with Gasteiger partial charge in [0.1, 0.15) is 0 Å². The fourth-order valence-corrected chi connectivity index (χ4v) is 3.22. The summed E-state index contributed by atoms with van der Waals surface area (Å²) in [4.78, 5) is 37.1. The van der Waals surface area contributed by atoms with E-state index in [-0.39, 0.29) is 30.6 Å². The number of amides is 2. The molecule has 3 N–H and O–H groups in total. The van der Waals surface area contributed by atoms with Crippen molar-refractivity contribution in [2.24, 2.45) is 5.73 Å². The molecule has 8 heteroatoms. The zero-order chi connectivity index (χ0) is 20.3. The Kier molecular flexibility index (Phi) is 5.49. The maximum Gasteiger partial charge on any atom is 0.312 e. The molecule has 146 valence electrons. The molecule has 1 heterocycles. The van der Waals surface area contributed by atoms with Crippen LogP contribution in [0.3, 0.4) is 0 Å². The van der Waals surface area contributed by atoms with Gasteiger partial charge in [0, 0.05) is 18.7 Å². The Labute approximate surface area is 161 Å². The highest BCUT2D eigenvalue weighted by atomic mass is 16.5. The summed E-state index contributed by atoms with van der Waals surface area (Å²) in [5, 5.41) is 9.57. The number of carboxylic acid groups (broad SMARTS) is 1. The van der Waals surface area contributed by atoms with E-state index in [4.69, 9.17) is 15.2 Å². The smallest absolute Gasteiger partial charge is 0.312 e. The molecule has 1 unspecified atom stereocenters. The van der Waals surface area contributed by atoms with Gasteiger partial charge in [-0.05, 0) is 29.3 Å². The summed E-state index contributed by atoms with van der Waals surface area (Å²) < 4.78 is 10.5. The minimum absolute atomic E-state index is 0.0768. The number of aliphatic carboxylic acids is 1. The lowest BCUT2D eigenvalue weighted by atomic mass is 9.89. The zero-order valence-electron chi connectivity index (χ0n) is 15.3. The first-order chi connectivity index (χ1) is 13.4. The molecule has 1 atom stereocenters. The van der Waals surface area contributed by atoms with Gasteiger partial charge in [-0.25, -0.2) is 0 Å². The molecule has 2 aromatic rings. The van der Waals surface area contributed by atoms with Gasteiger partial charge in [0.25, 0.3) is 11.8 Å². The monoisotopic (exact) mass is 384 g/mol. The Hall–Kier alpha value is -3.55. The number of fused-ring (bicyclic) bond motifs is 1. The number of primary amides is 1. The largest absolute Gasteiger partial charge is 0.493 e. The van der Waals surface area contributed by atoms with E-state index in [2.05, 4.69) is 0 Å². The summed E-state index contributed by atoms with van der Waals surface area (Å²) in [5.41, 5.74) is 6.93. The molecule has 2 aromatic carbocycles. The molecule has 2 amide bonds. The van der Waals surface area contributed by atoms with Gasteiger partial charge in [-0.2, -0.15) is 0 Å². The van der Waals surface area contributed by atoms with E-state index in [1.54, 1.807) is 12.1 Å². The van der Waals surface area contributed by atoms with Crippen LogP contribution < -0.4 is 15.2 Å². The van der Waals surface area contributed by atoms with Crippen molar-refractivity contribution in [1.82, 2.24) is 4.90 Å². The van der Waals surface area contributed by atoms with Crippen LogP contribution in [0.5, 0.6) is 11.5 Å². The van der Waals surface area contributed by atoms with Crippen LogP contribution in [0.2, 0.25) is 0 Å². The Balaban J connectivity index is 1.86. The maximum absolute atomic E-state index is 13.0. The molecule has 0 spiro atoms. The van der Waals surface area contributed by atoms with Crippen molar-refractivity contribution in [3.05, 3.63) is 59.2 Å². The molecule has 0 aliphatic carbocycles. The lowest BCUT2D eigenvalue weighted by molar-refractivity contribution is -0.139. The quantitative estimate of drug-likeness (QED) is 0.777. The van der Waals surface area contributed by atoms with Gasteiger partial charge in [0.05, 0.1) is 13.0 Å². The molecule has 1 aliphatic rings. The number of carboxylic acids is 1. The molecule has 0 aromatic heterocycles. The van der Waals surface area contributed by atoms with Crippen LogP contribution in [0.15, 0.2) is 42.5 Å². The Bertz CT molecular complexity index is 927. The summed E-state index contributed by atoms with van der Waals surface area (Å²) in [6.45, 7) is 0.0846. The number of rotatable bonds is 6. The number of carbonyl (C=O) groups is 3. The summed E-state index contributed by atoms with van der Waals surface area (Å²) >= 11 is 0. The van der Waals surface area contributed by atoms with Crippen molar-refractivity contribution in [2.75, 3.05) is 20.3 Å². The number of hydrogen-bond acceptors (Lipinski definition) is 5. The minimum atomic E-state index is -0.974. The molecule has 1 aliphatic heterocycles. The van der Waals surface area contributed by atoms with Gasteiger partial charge in [0.15, 0.2) is 18.1 Å². The highest BCUT2D eigenvalue weighted by molar-refractivity contribution is 5.95. The van der Waals surface area contributed by atoms with Crippen LogP contribution in [0.4, 0.5) is 0 Å². The number of methoxy groups -OCH3 is 1. The first kappa shape index (κ1) is 19.2. The number of nitrogens with two attached hydrogens (primary N) is 1. The molecule has 0 saturated heterocycles. The van der Waals surface area contributed by atoms with Crippen LogP contribution in [0.25, 0.3) is 0 Å². The van der Waals surface area contributed by atoms with E-state index in [9.17, 15) is 19.5 Å². The number of nitrogens with zero attached hydrogens (tertiary/aromatic N) is 1. The standard InChI is InChI=1S/C20H20N2O6/c1-27-17-8-12(6-7-16(17)28-11-18(21)23)19(24)22-9-13-4-2-3-5-14(13)15(10-22)20(25)26/h2-8,15H,9-11H2,1H3,(H2,21,23)(H,25,26). The Morgan fingerprint density at radius 1 is 1.18 bits per heavy atom. The molecule has 28 heavy (non-hydrogen) atoms. The average molecular weight is 384 g/mol. The molecule has 3 rings (SSSR count). The summed E-state index contributed by atoms with van der Waals surface area (Å²) in [6, 6.07) is 11.8. The van der Waals surface area contributed by atoms with E-state index in [0.29, 0.717) is 12.1 Å². The SMILES string of the molecule is COc1cc(C(=O)N2Cc3ccccc3C(C(=O)O)C2)ccc1OCC(N)=O. The molecule has 0 radical (unpaired) electrons. The minimum Gasteiger partial charge on any atom is -0.493 e. The molecule has 8 nitrogen and oxygen atoms in total. The second-order valence-electron chi connectivity index (χ2n) is 6.40. The summed E-state index contributed by atoms with van der Waals surface area (Å²) in [6.07, 6.45) is 0. The van der Waals surface area contributed by atoms with E-state index >= 15 is 0 Å². The van der Waals surface area contributed by atoms with Crippen LogP contribution in [-0.4, -0.2) is 48.1 Å². The molecule has 0 bridgehead atoms. The first-order valence-corrected chi connectivity index (χ1v) is 8.59. The van der Waals surface area contributed by atoms with Gasteiger partial charge in [-0.1, -0.05) is 24.3 Å². The van der Waals surface area contributed by atoms with Crippen molar-refractivity contribution in [3.63, 3.8) is 0 Å². The zero-order valence-corrected chi connectivity index (χ0v) is 15.3. The first-order valence-electron chi connectivity index (χ1n) is 8.59. The van der Waals surface area contributed by atoms with E-state index in [1.165, 1.54) is 30.2 Å². The van der Waals surface area contributed by atoms with Gasteiger partial charge in [-0.3, -0.25) is 14.4 Å². The number of hydrogen-bond donors (Lipinski definition) is 2. The van der Waals surface area contributed by atoms with E-state index in [0.717, 1.165) is 11.1 Å². The van der Waals surface area contributed by atoms with Crippen molar-refractivity contribution in [3.8, 4) is 11.5 Å². The molecule has 0 saturated carbocycles. The number of ether oxygens (including phenoxy) is 2. The average Bonchev–Trinajstić information content (AvgIpc) is 2.70. The summed E-state index contributed by atoms with van der Waals surface area (Å²) in [5.74, 6) is -2.15. The number of carbonyl (C=O) groups excluding carboxylic acids is 2. The van der Waals surface area contributed by atoms with Crippen molar-refractivity contribution < 1.29 is 29.0 Å². The fourth-order valence-electron chi connectivity index (χ4n) is 3.22. The highest BCUT2D eigenvalue weighted by Gasteiger charge is 2.33. The predicted molar refractivity (Wildman–Crippen MR) is 99.2 cm³/mol. The second-order valence-corrected chi connectivity index (χ2v) is 6.40. The van der Waals surface area contributed by atoms with E-state index in [1.807, 2.05) is 12.1 Å². The maximum atomic E-state index is 13.0. The third-order valence-electron chi connectivity index (χ3n) is 4.56. The lowest BCUT2D eigenvalue weighted by Crippen LogP contribution is -2.40. The van der Waals surface area contributed by atoms with Gasteiger partial charge in [-0.15, -0.1) is 0 Å². The summed E-state index contributed by atoms with van der Waals surface area (Å²) in [7, 11) is 1.41. The van der Waals surface area contributed by atoms with Crippen LogP contribution in [0, 0.1) is 0 Å². The van der Waals surface area contributed by atoms with Gasteiger partial charge >= 0.3 is 5.97 Å². The van der Waals surface area contributed by atoms with Gasteiger partial charge < -0.3 is 25.2 Å².